The number of rotatable bonds is 6. The average Bonchev–Trinajstić information content (AvgIpc) is 2.36. The van der Waals surface area contributed by atoms with Crippen molar-refractivity contribution in [3.63, 3.8) is 0 Å². The molecule has 0 saturated heterocycles. The van der Waals surface area contributed by atoms with Crippen LogP contribution in [0, 0.1) is 5.92 Å². The summed E-state index contributed by atoms with van der Waals surface area (Å²) in [5, 5.41) is 12.0. The molecule has 1 fully saturated rings. The Hall–Kier alpha value is -1.10. The van der Waals surface area contributed by atoms with Gasteiger partial charge >= 0.3 is 5.97 Å². The summed E-state index contributed by atoms with van der Waals surface area (Å²) in [4.78, 5) is 22.8. The van der Waals surface area contributed by atoms with E-state index in [4.69, 9.17) is 9.84 Å². The predicted molar refractivity (Wildman–Crippen MR) is 67.2 cm³/mol. The fraction of sp³-hybridized carbons (Fsp3) is 0.846. The Bertz CT molecular complexity index is 293. The first kappa shape index (κ1) is 15.0. The van der Waals surface area contributed by atoms with E-state index in [1.807, 2.05) is 6.92 Å². The van der Waals surface area contributed by atoms with Crippen molar-refractivity contribution in [2.24, 2.45) is 5.92 Å². The first-order valence-electron chi connectivity index (χ1n) is 6.59. The van der Waals surface area contributed by atoms with E-state index in [0.717, 1.165) is 19.3 Å². The van der Waals surface area contributed by atoms with E-state index in [-0.39, 0.29) is 18.1 Å². The molecule has 0 spiro atoms. The molecule has 1 amide bonds. The number of hydrogen-bond acceptors (Lipinski definition) is 3. The molecule has 18 heavy (non-hydrogen) atoms. The molecule has 3 unspecified atom stereocenters. The molecule has 2 N–H and O–H groups in total. The lowest BCUT2D eigenvalue weighted by atomic mass is 9.84. The Morgan fingerprint density at radius 2 is 2.06 bits per heavy atom. The van der Waals surface area contributed by atoms with Crippen molar-refractivity contribution in [1.29, 1.82) is 0 Å². The van der Waals surface area contributed by atoms with Gasteiger partial charge in [0.05, 0.1) is 12.0 Å². The lowest BCUT2D eigenvalue weighted by Crippen LogP contribution is -2.45. The van der Waals surface area contributed by atoms with E-state index >= 15 is 0 Å². The maximum Gasteiger partial charge on any atom is 0.308 e. The Morgan fingerprint density at radius 1 is 1.39 bits per heavy atom. The van der Waals surface area contributed by atoms with E-state index in [1.54, 1.807) is 7.11 Å². The summed E-state index contributed by atoms with van der Waals surface area (Å²) in [6, 6.07) is -0.207. The minimum atomic E-state index is -0.801. The molecule has 1 rings (SSSR count). The number of hydrogen-bond donors (Lipinski definition) is 2. The van der Waals surface area contributed by atoms with Gasteiger partial charge in [-0.1, -0.05) is 12.8 Å². The fourth-order valence-electron chi connectivity index (χ4n) is 2.33. The quantitative estimate of drug-likeness (QED) is 0.757. The van der Waals surface area contributed by atoms with Crippen molar-refractivity contribution in [3.8, 4) is 0 Å². The van der Waals surface area contributed by atoms with Crippen molar-refractivity contribution in [3.05, 3.63) is 0 Å². The Morgan fingerprint density at radius 3 is 2.67 bits per heavy atom. The van der Waals surface area contributed by atoms with Crippen molar-refractivity contribution < 1.29 is 19.4 Å². The topological polar surface area (TPSA) is 75.6 Å². The maximum atomic E-state index is 11.7. The van der Waals surface area contributed by atoms with Crippen LogP contribution in [0.3, 0.4) is 0 Å². The monoisotopic (exact) mass is 257 g/mol. The zero-order valence-corrected chi connectivity index (χ0v) is 11.1. The standard InChI is InChI=1S/C13H23NO4/c1-9(18-2)7-8-12(15)14-11-6-4-3-5-10(11)13(16)17/h9-11H,3-8H2,1-2H3,(H,14,15)(H,16,17). The molecule has 0 radical (unpaired) electrons. The molecular formula is C13H23NO4. The first-order chi connectivity index (χ1) is 8.54. The molecule has 0 aromatic rings. The highest BCUT2D eigenvalue weighted by molar-refractivity contribution is 5.78. The normalized spacial score (nSPS) is 25.4. The van der Waals surface area contributed by atoms with Gasteiger partial charge in [0.1, 0.15) is 0 Å². The SMILES string of the molecule is COC(C)CCC(=O)NC1CCCCC1C(=O)O. The molecule has 1 aliphatic rings. The molecule has 0 bridgehead atoms. The third-order valence-electron chi connectivity index (χ3n) is 3.61. The number of methoxy groups -OCH3 is 1. The number of carbonyl (C=O) groups is 2. The number of carboxylic acids is 1. The summed E-state index contributed by atoms with van der Waals surface area (Å²) >= 11 is 0. The van der Waals surface area contributed by atoms with Gasteiger partial charge in [-0.15, -0.1) is 0 Å². The van der Waals surface area contributed by atoms with Crippen LogP contribution >= 0.6 is 0 Å². The molecular weight excluding hydrogens is 234 g/mol. The zero-order valence-electron chi connectivity index (χ0n) is 11.1. The van der Waals surface area contributed by atoms with Gasteiger partial charge in [-0.3, -0.25) is 9.59 Å². The molecule has 0 aliphatic heterocycles. The minimum Gasteiger partial charge on any atom is -0.481 e. The van der Waals surface area contributed by atoms with Gasteiger partial charge in [0.15, 0.2) is 0 Å². The number of ether oxygens (including phenoxy) is 1. The second-order valence-electron chi connectivity index (χ2n) is 4.99. The summed E-state index contributed by atoms with van der Waals surface area (Å²) < 4.78 is 5.08. The summed E-state index contributed by atoms with van der Waals surface area (Å²) in [6.45, 7) is 1.91. The van der Waals surface area contributed by atoms with E-state index in [1.165, 1.54) is 0 Å². The van der Waals surface area contributed by atoms with Crippen LogP contribution in [0.2, 0.25) is 0 Å². The number of aliphatic carboxylic acids is 1. The Labute approximate surface area is 108 Å². The number of carbonyl (C=O) groups excluding carboxylic acids is 1. The molecule has 1 saturated carbocycles. The van der Waals surface area contributed by atoms with E-state index in [9.17, 15) is 9.59 Å². The summed E-state index contributed by atoms with van der Waals surface area (Å²) in [5.74, 6) is -1.30. The molecule has 3 atom stereocenters. The first-order valence-corrected chi connectivity index (χ1v) is 6.59. The van der Waals surface area contributed by atoms with Crippen LogP contribution in [0.5, 0.6) is 0 Å². The molecule has 104 valence electrons. The second kappa shape index (κ2) is 7.36. The van der Waals surface area contributed by atoms with Crippen LogP contribution in [-0.2, 0) is 14.3 Å². The highest BCUT2D eigenvalue weighted by Gasteiger charge is 2.31. The van der Waals surface area contributed by atoms with Crippen molar-refractivity contribution in [1.82, 2.24) is 5.32 Å². The van der Waals surface area contributed by atoms with Gasteiger partial charge in [-0.2, -0.15) is 0 Å². The highest BCUT2D eigenvalue weighted by Crippen LogP contribution is 2.24. The zero-order chi connectivity index (χ0) is 13.5. The molecule has 0 aromatic carbocycles. The second-order valence-corrected chi connectivity index (χ2v) is 4.99. The summed E-state index contributed by atoms with van der Waals surface area (Å²) in [7, 11) is 1.62. The van der Waals surface area contributed by atoms with E-state index in [0.29, 0.717) is 19.3 Å². The van der Waals surface area contributed by atoms with Crippen LogP contribution in [-0.4, -0.2) is 36.2 Å². The van der Waals surface area contributed by atoms with Crippen LogP contribution in [0.4, 0.5) is 0 Å². The number of amides is 1. The van der Waals surface area contributed by atoms with Crippen molar-refractivity contribution in [2.45, 2.75) is 57.6 Å². The van der Waals surface area contributed by atoms with Gasteiger partial charge in [-0.25, -0.2) is 0 Å². The summed E-state index contributed by atoms with van der Waals surface area (Å²) in [6.07, 6.45) is 4.45. The van der Waals surface area contributed by atoms with E-state index < -0.39 is 11.9 Å². The smallest absolute Gasteiger partial charge is 0.308 e. The summed E-state index contributed by atoms with van der Waals surface area (Å²) in [5.41, 5.74) is 0. The lowest BCUT2D eigenvalue weighted by molar-refractivity contribution is -0.144. The van der Waals surface area contributed by atoms with Crippen molar-refractivity contribution >= 4 is 11.9 Å². The number of carboxylic acid groups (broad SMARTS) is 1. The molecule has 1 aliphatic carbocycles. The van der Waals surface area contributed by atoms with Gasteiger partial charge in [0.2, 0.25) is 5.91 Å². The molecule has 5 nitrogen and oxygen atoms in total. The minimum absolute atomic E-state index is 0.0531. The van der Waals surface area contributed by atoms with Crippen molar-refractivity contribution in [2.75, 3.05) is 7.11 Å². The third-order valence-corrected chi connectivity index (χ3v) is 3.61. The van der Waals surface area contributed by atoms with Crippen LogP contribution in [0.1, 0.15) is 45.4 Å². The molecule has 0 heterocycles. The van der Waals surface area contributed by atoms with Crippen LogP contribution in [0.15, 0.2) is 0 Å². The Balaban J connectivity index is 2.39. The lowest BCUT2D eigenvalue weighted by Gasteiger charge is -2.29. The third kappa shape index (κ3) is 4.64. The maximum absolute atomic E-state index is 11.7. The van der Waals surface area contributed by atoms with Crippen LogP contribution < -0.4 is 5.32 Å². The highest BCUT2D eigenvalue weighted by atomic mass is 16.5. The fourth-order valence-corrected chi connectivity index (χ4v) is 2.33. The van der Waals surface area contributed by atoms with E-state index in [2.05, 4.69) is 5.32 Å². The average molecular weight is 257 g/mol. The van der Waals surface area contributed by atoms with Gasteiger partial charge in [-0.05, 0) is 26.2 Å². The Kier molecular flexibility index (Phi) is 6.12. The number of nitrogens with one attached hydrogen (secondary N) is 1. The largest absolute Gasteiger partial charge is 0.481 e. The molecule has 0 aromatic heterocycles. The van der Waals surface area contributed by atoms with Gasteiger partial charge < -0.3 is 15.2 Å². The van der Waals surface area contributed by atoms with Gasteiger partial charge in [0, 0.05) is 19.6 Å². The van der Waals surface area contributed by atoms with Gasteiger partial charge in [0.25, 0.3) is 0 Å². The van der Waals surface area contributed by atoms with Crippen LogP contribution in [0.25, 0.3) is 0 Å². The predicted octanol–water partition coefficient (Wildman–Crippen LogP) is 1.56. The molecule has 5 heteroatoms.